The number of rotatable bonds is 4. The Labute approximate surface area is 148 Å². The molecular weight excluding hydrogens is 320 g/mol. The van der Waals surface area contributed by atoms with Crippen LogP contribution in [0.4, 0.5) is 0 Å². The first-order chi connectivity index (χ1) is 11.9. The minimum atomic E-state index is -0.660. The van der Waals surface area contributed by atoms with Crippen LogP contribution in [-0.4, -0.2) is 34.3 Å². The second-order valence-corrected chi connectivity index (χ2v) is 8.42. The van der Waals surface area contributed by atoms with Gasteiger partial charge in [0.05, 0.1) is 22.4 Å². The average molecular weight is 346 g/mol. The molecule has 0 spiro atoms. The molecule has 0 aromatic rings. The van der Waals surface area contributed by atoms with Crippen LogP contribution in [-0.2, 0) is 23.8 Å². The molecule has 8 unspecified atom stereocenters. The van der Waals surface area contributed by atoms with E-state index in [1.165, 1.54) is 0 Å². The summed E-state index contributed by atoms with van der Waals surface area (Å²) in [6, 6.07) is 0. The lowest BCUT2D eigenvalue weighted by atomic mass is 9.49. The maximum atomic E-state index is 12.6. The van der Waals surface area contributed by atoms with E-state index >= 15 is 0 Å². The Hall–Kier alpha value is -1.20. The van der Waals surface area contributed by atoms with Crippen LogP contribution in [0, 0.1) is 23.7 Å². The lowest BCUT2D eigenvalue weighted by Gasteiger charge is -2.47. The van der Waals surface area contributed by atoms with E-state index in [4.69, 9.17) is 14.2 Å². The second kappa shape index (κ2) is 4.37. The third kappa shape index (κ3) is 1.34. The number of hydrogen-bond acceptors (Lipinski definition) is 5. The number of cyclic esters (lactones) is 2. The van der Waals surface area contributed by atoms with Crippen LogP contribution in [0.5, 0.6) is 0 Å². The van der Waals surface area contributed by atoms with Gasteiger partial charge in [0.1, 0.15) is 11.8 Å². The monoisotopic (exact) mass is 346 g/mol. The van der Waals surface area contributed by atoms with Gasteiger partial charge in [-0.3, -0.25) is 9.59 Å². The highest BCUT2D eigenvalue weighted by molar-refractivity contribution is 5.99. The minimum absolute atomic E-state index is 0.0969. The molecule has 5 nitrogen and oxygen atoms in total. The molecule has 4 bridgehead atoms. The normalized spacial score (nSPS) is 57.3. The summed E-state index contributed by atoms with van der Waals surface area (Å²) in [7, 11) is 0. The molecule has 0 amide bonds. The number of carbonyl (C=O) groups is 2. The molecule has 5 rings (SSSR count). The van der Waals surface area contributed by atoms with Crippen LogP contribution in [0.3, 0.4) is 0 Å². The van der Waals surface area contributed by atoms with Crippen molar-refractivity contribution in [2.45, 2.75) is 75.8 Å². The number of hydrogen-bond donors (Lipinski definition) is 0. The van der Waals surface area contributed by atoms with E-state index in [1.54, 1.807) is 0 Å². The molecule has 0 aromatic heterocycles. The number of ether oxygens (including phenoxy) is 3. The molecule has 5 aliphatic rings. The van der Waals surface area contributed by atoms with Crippen molar-refractivity contribution in [3.05, 3.63) is 12.2 Å². The second-order valence-electron chi connectivity index (χ2n) is 8.42. The van der Waals surface area contributed by atoms with E-state index < -0.39 is 46.2 Å². The third-order valence-electron chi connectivity index (χ3n) is 8.15. The number of esters is 2. The topological polar surface area (TPSA) is 61.8 Å². The third-order valence-corrected chi connectivity index (χ3v) is 8.15. The maximum Gasteiger partial charge on any atom is 0.320 e. The highest BCUT2D eigenvalue weighted by Gasteiger charge is 2.88. The van der Waals surface area contributed by atoms with Gasteiger partial charge in [-0.25, -0.2) is 0 Å². The van der Waals surface area contributed by atoms with Crippen molar-refractivity contribution in [1.82, 2.24) is 0 Å². The van der Waals surface area contributed by atoms with Crippen molar-refractivity contribution in [2.75, 3.05) is 0 Å². The first kappa shape index (κ1) is 16.0. The van der Waals surface area contributed by atoms with Crippen molar-refractivity contribution in [2.24, 2.45) is 23.7 Å². The van der Waals surface area contributed by atoms with Gasteiger partial charge < -0.3 is 14.2 Å². The Bertz CT molecular complexity index is 659. The standard InChI is InChI=1S/C20H26O5/c1-5-17-9-10-18(6-2,24-17)14-13(17)19(7-3)11-12(16(22)23-15(11)21)20(14,8-4)25-19/h9-14H,5-8H2,1-4H3. The van der Waals surface area contributed by atoms with Crippen molar-refractivity contribution < 1.29 is 23.8 Å². The molecule has 4 saturated heterocycles. The molecule has 5 aliphatic heterocycles. The van der Waals surface area contributed by atoms with Crippen LogP contribution in [0.15, 0.2) is 12.2 Å². The van der Waals surface area contributed by atoms with Crippen molar-refractivity contribution in [3.8, 4) is 0 Å². The van der Waals surface area contributed by atoms with Crippen molar-refractivity contribution in [3.63, 3.8) is 0 Å². The summed E-state index contributed by atoms with van der Waals surface area (Å²) in [5.74, 6) is -1.57. The van der Waals surface area contributed by atoms with Gasteiger partial charge in [-0.05, 0) is 25.7 Å². The van der Waals surface area contributed by atoms with Gasteiger partial charge in [-0.15, -0.1) is 0 Å². The molecule has 0 radical (unpaired) electrons. The Morgan fingerprint density at radius 1 is 0.760 bits per heavy atom. The van der Waals surface area contributed by atoms with Gasteiger partial charge in [0.15, 0.2) is 0 Å². The van der Waals surface area contributed by atoms with E-state index in [2.05, 4.69) is 39.8 Å². The zero-order chi connectivity index (χ0) is 17.8. The molecule has 8 atom stereocenters. The van der Waals surface area contributed by atoms with Crippen molar-refractivity contribution in [1.29, 1.82) is 0 Å². The molecule has 0 aromatic carbocycles. The van der Waals surface area contributed by atoms with Gasteiger partial charge in [0.2, 0.25) is 0 Å². The van der Waals surface area contributed by atoms with Gasteiger partial charge >= 0.3 is 11.9 Å². The van der Waals surface area contributed by atoms with Crippen molar-refractivity contribution >= 4 is 11.9 Å². The molecule has 0 saturated carbocycles. The van der Waals surface area contributed by atoms with Gasteiger partial charge in [-0.1, -0.05) is 39.8 Å². The number of fused-ring (bicyclic) bond motifs is 12. The molecule has 5 heteroatoms. The van der Waals surface area contributed by atoms with Crippen LogP contribution in [0.2, 0.25) is 0 Å². The molecule has 0 aliphatic carbocycles. The predicted octanol–water partition coefficient (Wildman–Crippen LogP) is 2.77. The summed E-state index contributed by atoms with van der Waals surface area (Å²) in [5.41, 5.74) is -2.12. The Kier molecular flexibility index (Phi) is 2.80. The predicted molar refractivity (Wildman–Crippen MR) is 88.5 cm³/mol. The highest BCUT2D eigenvalue weighted by Crippen LogP contribution is 2.77. The zero-order valence-corrected chi connectivity index (χ0v) is 15.3. The lowest BCUT2D eigenvalue weighted by Crippen LogP contribution is -2.60. The largest absolute Gasteiger partial charge is 0.393 e. The smallest absolute Gasteiger partial charge is 0.320 e. The van der Waals surface area contributed by atoms with E-state index in [0.29, 0.717) is 12.8 Å². The van der Waals surface area contributed by atoms with Crippen LogP contribution in [0.25, 0.3) is 0 Å². The Morgan fingerprint density at radius 3 is 1.56 bits per heavy atom. The quantitative estimate of drug-likeness (QED) is 0.445. The molecule has 4 fully saturated rings. The van der Waals surface area contributed by atoms with Gasteiger partial charge in [-0.2, -0.15) is 0 Å². The molecule has 25 heavy (non-hydrogen) atoms. The summed E-state index contributed by atoms with van der Waals surface area (Å²) >= 11 is 0. The lowest BCUT2D eigenvalue weighted by molar-refractivity contribution is -0.176. The van der Waals surface area contributed by atoms with Crippen LogP contribution in [0.1, 0.15) is 53.4 Å². The van der Waals surface area contributed by atoms with Crippen LogP contribution < -0.4 is 0 Å². The zero-order valence-electron chi connectivity index (χ0n) is 15.3. The summed E-state index contributed by atoms with van der Waals surface area (Å²) < 4.78 is 18.7. The van der Waals surface area contributed by atoms with Gasteiger partial charge in [0, 0.05) is 11.8 Å². The van der Waals surface area contributed by atoms with Crippen LogP contribution >= 0.6 is 0 Å². The molecule has 136 valence electrons. The molecular formula is C20H26O5. The fraction of sp³-hybridized carbons (Fsp3) is 0.800. The van der Waals surface area contributed by atoms with E-state index in [1.807, 2.05) is 0 Å². The van der Waals surface area contributed by atoms with E-state index in [9.17, 15) is 9.59 Å². The SMILES string of the molecule is CCC12C=CC(CC)(O1)C1C2C2(CC)OC1(CC)C1C(=O)OC(=O)C12. The maximum absolute atomic E-state index is 12.6. The van der Waals surface area contributed by atoms with E-state index in [-0.39, 0.29) is 11.8 Å². The first-order valence-corrected chi connectivity index (χ1v) is 9.76. The van der Waals surface area contributed by atoms with Gasteiger partial charge in [0.25, 0.3) is 0 Å². The number of carbonyl (C=O) groups excluding carboxylic acids is 2. The summed E-state index contributed by atoms with van der Waals surface area (Å²) in [5, 5.41) is 0. The summed E-state index contributed by atoms with van der Waals surface area (Å²) in [6.07, 6.45) is 7.49. The molecule has 0 N–H and O–H groups in total. The minimum Gasteiger partial charge on any atom is -0.393 e. The fourth-order valence-corrected chi connectivity index (χ4v) is 7.29. The Morgan fingerprint density at radius 2 is 1.20 bits per heavy atom. The molecule has 5 heterocycles. The average Bonchev–Trinajstić information content (AvgIpc) is 3.37. The highest BCUT2D eigenvalue weighted by atomic mass is 16.6. The summed E-state index contributed by atoms with van der Waals surface area (Å²) in [6.45, 7) is 8.42. The fourth-order valence-electron chi connectivity index (χ4n) is 7.29. The first-order valence-electron chi connectivity index (χ1n) is 9.76. The Balaban J connectivity index is 1.79. The van der Waals surface area contributed by atoms with E-state index in [0.717, 1.165) is 12.8 Å². The summed E-state index contributed by atoms with van der Waals surface area (Å²) in [4.78, 5) is 25.3.